The number of esters is 1. The Labute approximate surface area is 321 Å². The van der Waals surface area contributed by atoms with Crippen molar-refractivity contribution in [2.75, 3.05) is 19.8 Å². The first-order valence-corrected chi connectivity index (χ1v) is 20.2. The Morgan fingerprint density at radius 2 is 1.53 bits per heavy atom. The van der Waals surface area contributed by atoms with E-state index < -0.39 is 98.2 Å². The predicted molar refractivity (Wildman–Crippen MR) is 191 cm³/mol. The number of cyclic esters (lactones) is 1. The molecule has 0 aromatic rings. The molecule has 0 bridgehead atoms. The molecular formula is C40H62O15. The molecule has 7 aliphatic rings. The van der Waals surface area contributed by atoms with Crippen LogP contribution in [0.15, 0.2) is 22.8 Å². The molecule has 312 valence electrons. The molecule has 7 rings (SSSR count). The molecule has 55 heavy (non-hydrogen) atoms. The molecule has 0 radical (unpaired) electrons. The Hall–Kier alpha value is -1.57. The molecule has 0 aromatic heterocycles. The maximum atomic E-state index is 12.7. The maximum absolute atomic E-state index is 12.7. The largest absolute Gasteiger partial charge is 0.458 e. The van der Waals surface area contributed by atoms with E-state index in [1.54, 1.807) is 0 Å². The number of hydrogen-bond acceptors (Lipinski definition) is 15. The molecule has 5 fully saturated rings. The first kappa shape index (κ1) is 41.6. The van der Waals surface area contributed by atoms with Crippen molar-refractivity contribution in [3.8, 4) is 0 Å². The molecule has 15 nitrogen and oxygen atoms in total. The van der Waals surface area contributed by atoms with E-state index in [9.17, 15) is 50.8 Å². The highest BCUT2D eigenvalue weighted by Crippen LogP contribution is 2.67. The van der Waals surface area contributed by atoms with Crippen molar-refractivity contribution < 1.29 is 74.4 Å². The van der Waals surface area contributed by atoms with Gasteiger partial charge in [0.05, 0.1) is 37.6 Å². The van der Waals surface area contributed by atoms with E-state index in [2.05, 4.69) is 26.8 Å². The van der Waals surface area contributed by atoms with Crippen molar-refractivity contribution in [3.05, 3.63) is 22.8 Å². The smallest absolute Gasteiger partial charge is 0.336 e. The summed E-state index contributed by atoms with van der Waals surface area (Å²) in [6, 6.07) is 0. The van der Waals surface area contributed by atoms with E-state index in [0.717, 1.165) is 43.3 Å². The highest BCUT2D eigenvalue weighted by molar-refractivity contribution is 5.90. The summed E-state index contributed by atoms with van der Waals surface area (Å²) < 4.78 is 29.0. The van der Waals surface area contributed by atoms with Gasteiger partial charge in [-0.15, -0.1) is 0 Å². The molecule has 2 saturated heterocycles. The fourth-order valence-electron chi connectivity index (χ4n) is 12.0. The summed E-state index contributed by atoms with van der Waals surface area (Å²) in [5.74, 6) is 1.26. The van der Waals surface area contributed by atoms with Crippen LogP contribution in [0.1, 0.15) is 79.1 Å². The first-order chi connectivity index (χ1) is 26.0. The Balaban J connectivity index is 1.00. The third-order valence-corrected chi connectivity index (χ3v) is 15.4. The minimum Gasteiger partial charge on any atom is -0.458 e. The highest BCUT2D eigenvalue weighted by atomic mass is 16.7. The van der Waals surface area contributed by atoms with E-state index in [1.165, 1.54) is 0 Å². The van der Waals surface area contributed by atoms with Gasteiger partial charge in [0.25, 0.3) is 0 Å². The highest BCUT2D eigenvalue weighted by Gasteiger charge is 2.62. The number of ether oxygens (including phenoxy) is 5. The van der Waals surface area contributed by atoms with Crippen molar-refractivity contribution in [2.24, 2.45) is 40.4 Å². The van der Waals surface area contributed by atoms with Gasteiger partial charge in [-0.1, -0.05) is 38.0 Å². The molecule has 2 unspecified atom stereocenters. The number of allylic oxidation sites excluding steroid dienone is 1. The summed E-state index contributed by atoms with van der Waals surface area (Å²) in [7, 11) is 0. The monoisotopic (exact) mass is 782 g/mol. The van der Waals surface area contributed by atoms with Gasteiger partial charge in [0.15, 0.2) is 12.6 Å². The van der Waals surface area contributed by atoms with Crippen LogP contribution in [0.2, 0.25) is 0 Å². The molecule has 3 saturated carbocycles. The van der Waals surface area contributed by atoms with E-state index in [1.807, 2.05) is 6.92 Å². The molecule has 20 atom stereocenters. The van der Waals surface area contributed by atoms with Crippen LogP contribution in [0.3, 0.4) is 0 Å². The van der Waals surface area contributed by atoms with Gasteiger partial charge in [-0.05, 0) is 80.5 Å². The Bertz CT molecular complexity index is 1470. The molecule has 0 aromatic carbocycles. The van der Waals surface area contributed by atoms with Crippen molar-refractivity contribution in [1.82, 2.24) is 0 Å². The lowest BCUT2D eigenvalue weighted by Gasteiger charge is -2.60. The van der Waals surface area contributed by atoms with Gasteiger partial charge in [0.1, 0.15) is 54.9 Å². The van der Waals surface area contributed by atoms with Gasteiger partial charge >= 0.3 is 5.97 Å². The maximum Gasteiger partial charge on any atom is 0.336 e. The number of aliphatic hydroxyl groups is 9. The summed E-state index contributed by atoms with van der Waals surface area (Å²) in [6.45, 7) is 7.30. The molecule has 4 aliphatic carbocycles. The molecule has 3 aliphatic heterocycles. The second kappa shape index (κ2) is 15.9. The fourth-order valence-corrected chi connectivity index (χ4v) is 12.0. The van der Waals surface area contributed by atoms with Gasteiger partial charge < -0.3 is 69.6 Å². The summed E-state index contributed by atoms with van der Waals surface area (Å²) >= 11 is 0. The summed E-state index contributed by atoms with van der Waals surface area (Å²) in [4.78, 5) is 12.7. The van der Waals surface area contributed by atoms with E-state index in [-0.39, 0.29) is 36.4 Å². The van der Waals surface area contributed by atoms with Gasteiger partial charge in [-0.25, -0.2) is 4.79 Å². The van der Waals surface area contributed by atoms with Gasteiger partial charge in [-0.2, -0.15) is 0 Å². The minimum absolute atomic E-state index is 0.0672. The number of aliphatic hydroxyl groups excluding tert-OH is 9. The van der Waals surface area contributed by atoms with E-state index in [0.29, 0.717) is 36.2 Å². The Morgan fingerprint density at radius 1 is 0.855 bits per heavy atom. The number of rotatable bonds is 9. The van der Waals surface area contributed by atoms with Gasteiger partial charge in [0.2, 0.25) is 0 Å². The van der Waals surface area contributed by atoms with Crippen LogP contribution in [0, 0.1) is 40.4 Å². The van der Waals surface area contributed by atoms with Crippen LogP contribution in [0.5, 0.6) is 0 Å². The number of carbonyl (C=O) groups excluding carboxylic acids is 1. The predicted octanol–water partition coefficient (Wildman–Crippen LogP) is -0.194. The van der Waals surface area contributed by atoms with Crippen molar-refractivity contribution in [3.63, 3.8) is 0 Å². The van der Waals surface area contributed by atoms with Crippen molar-refractivity contribution in [1.29, 1.82) is 0 Å². The zero-order valence-electron chi connectivity index (χ0n) is 32.2. The molecule has 0 amide bonds. The molecular weight excluding hydrogens is 720 g/mol. The van der Waals surface area contributed by atoms with Crippen LogP contribution in [-0.2, 0) is 28.5 Å². The zero-order valence-corrected chi connectivity index (χ0v) is 32.2. The van der Waals surface area contributed by atoms with Gasteiger partial charge in [0, 0.05) is 18.3 Å². The molecule has 9 N–H and O–H groups in total. The van der Waals surface area contributed by atoms with Crippen LogP contribution >= 0.6 is 0 Å². The topological polar surface area (TPSA) is 245 Å². The third-order valence-electron chi connectivity index (χ3n) is 15.4. The van der Waals surface area contributed by atoms with Crippen LogP contribution < -0.4 is 0 Å². The number of carbonyl (C=O) groups is 1. The van der Waals surface area contributed by atoms with Crippen LogP contribution in [-0.4, -0.2) is 151 Å². The summed E-state index contributed by atoms with van der Waals surface area (Å²) in [5.41, 5.74) is 1.98. The SMILES string of the molecule is CC1=C(CO)C(=O)O[C@@H]([C@@H](C)[C@H]2CCC3[C@@H]4CC=C5C[C@@H](O[C@@H]6O[C@H](CO[C@@H]7O[C@H](CO)[C@@H](O)[C@H](O)[C@H]7O)[C@@H](O)[C@H](O)[C@H]6O)C[C@H](O)[C@]5(C)C4CC[C@@]32C)C1. The average molecular weight is 783 g/mol. The lowest BCUT2D eigenvalue weighted by molar-refractivity contribution is -0.337. The zero-order chi connectivity index (χ0) is 39.7. The lowest BCUT2D eigenvalue weighted by atomic mass is 9.46. The molecule has 3 heterocycles. The summed E-state index contributed by atoms with van der Waals surface area (Å²) in [6.07, 6.45) is -8.00. The second-order valence-electron chi connectivity index (χ2n) is 18.0. The van der Waals surface area contributed by atoms with E-state index in [4.69, 9.17) is 23.7 Å². The van der Waals surface area contributed by atoms with Crippen molar-refractivity contribution >= 4 is 5.97 Å². The molecule has 0 spiro atoms. The normalized spacial score (nSPS) is 50.7. The Kier molecular flexibility index (Phi) is 12.0. The minimum atomic E-state index is -1.68. The second-order valence-corrected chi connectivity index (χ2v) is 18.0. The average Bonchev–Trinajstić information content (AvgIpc) is 3.51. The first-order valence-electron chi connectivity index (χ1n) is 20.2. The van der Waals surface area contributed by atoms with Crippen LogP contribution in [0.4, 0.5) is 0 Å². The standard InChI is InChI=1S/C40H62O15/c1-17-11-26(53-36(50)22(17)14-41)18(2)23-7-8-24-21-6-5-19-12-20(13-29(43)40(19,4)25(21)9-10-39(23,24)3)52-38-35(49)33(47)31(45)28(55-38)16-51-37-34(48)32(46)30(44)27(15-42)54-37/h5,18,20-21,23-35,37-38,41-49H,6-16H2,1-4H3/t18-,20+,21-,23+,24?,25?,26+,27+,28+,29-,30+,31+,32-,33-,34+,35+,37+,38+,39+,40-/m0/s1. The lowest BCUT2D eigenvalue weighted by Crippen LogP contribution is -2.62. The quantitative estimate of drug-likeness (QED) is 0.109. The number of fused-ring (bicyclic) bond motifs is 5. The number of hydrogen-bond donors (Lipinski definition) is 9. The van der Waals surface area contributed by atoms with Gasteiger partial charge in [-0.3, -0.25) is 0 Å². The van der Waals surface area contributed by atoms with E-state index >= 15 is 0 Å². The third kappa shape index (κ3) is 7.06. The Morgan fingerprint density at radius 3 is 2.20 bits per heavy atom. The molecule has 15 heteroatoms. The fraction of sp³-hybridized carbons (Fsp3) is 0.875. The van der Waals surface area contributed by atoms with Crippen LogP contribution in [0.25, 0.3) is 0 Å². The summed E-state index contributed by atoms with van der Waals surface area (Å²) in [5, 5.41) is 94.0. The van der Waals surface area contributed by atoms with Crippen molar-refractivity contribution in [2.45, 2.75) is 159 Å².